The average Bonchev–Trinajstić information content (AvgIpc) is 2.79. The molecule has 11 heteroatoms. The standard InChI is InChI=1S/C22H24F3N7O/c1-3-11-32(12-4-2)16-8-6-10-28-20(16)31-21(33)18-19(26)29-13-15(30-18)17-14(22(23,24)25)7-5-9-27-17/h5-10,13H,3-4,11-12H2,1-2H3,(H2,26,29)(H,28,31,33). The third-order valence-corrected chi connectivity index (χ3v) is 4.72. The molecule has 0 saturated carbocycles. The molecule has 3 heterocycles. The molecular weight excluding hydrogens is 435 g/mol. The topological polar surface area (TPSA) is 110 Å². The maximum absolute atomic E-state index is 13.4. The molecule has 1 amide bonds. The lowest BCUT2D eigenvalue weighted by atomic mass is 10.1. The SMILES string of the molecule is CCCN(CCC)c1cccnc1NC(=O)c1nc(-c2ncccc2C(F)(F)F)cnc1N. The number of anilines is 3. The molecule has 0 radical (unpaired) electrons. The first kappa shape index (κ1) is 23.9. The number of hydrogen-bond donors (Lipinski definition) is 2. The summed E-state index contributed by atoms with van der Waals surface area (Å²) in [6.07, 6.45) is 0.936. The van der Waals surface area contributed by atoms with Crippen molar-refractivity contribution in [1.82, 2.24) is 19.9 Å². The van der Waals surface area contributed by atoms with Crippen LogP contribution in [0.1, 0.15) is 42.7 Å². The maximum atomic E-state index is 13.4. The Morgan fingerprint density at radius 1 is 1.06 bits per heavy atom. The van der Waals surface area contributed by atoms with Crippen LogP contribution in [0, 0.1) is 0 Å². The Morgan fingerprint density at radius 3 is 2.39 bits per heavy atom. The van der Waals surface area contributed by atoms with Gasteiger partial charge in [0.2, 0.25) is 0 Å². The predicted octanol–water partition coefficient (Wildman–Crippen LogP) is 4.41. The van der Waals surface area contributed by atoms with Crippen molar-refractivity contribution in [3.05, 3.63) is 54.1 Å². The fraction of sp³-hybridized carbons (Fsp3) is 0.318. The third-order valence-electron chi connectivity index (χ3n) is 4.72. The Labute approximate surface area is 189 Å². The van der Waals surface area contributed by atoms with Crippen LogP contribution in [0.15, 0.2) is 42.9 Å². The zero-order valence-electron chi connectivity index (χ0n) is 18.2. The highest BCUT2D eigenvalue weighted by molar-refractivity contribution is 6.06. The van der Waals surface area contributed by atoms with Crippen molar-refractivity contribution in [2.45, 2.75) is 32.9 Å². The highest BCUT2D eigenvalue weighted by atomic mass is 19.4. The summed E-state index contributed by atoms with van der Waals surface area (Å²) in [5.74, 6) is -0.666. The molecule has 0 atom stereocenters. The number of nitrogens with one attached hydrogen (secondary N) is 1. The summed E-state index contributed by atoms with van der Waals surface area (Å²) in [7, 11) is 0. The van der Waals surface area contributed by atoms with Crippen LogP contribution < -0.4 is 16.0 Å². The lowest BCUT2D eigenvalue weighted by Gasteiger charge is -2.25. The van der Waals surface area contributed by atoms with Gasteiger partial charge in [-0.05, 0) is 37.1 Å². The molecule has 0 fully saturated rings. The van der Waals surface area contributed by atoms with Gasteiger partial charge >= 0.3 is 6.18 Å². The second-order valence-electron chi connectivity index (χ2n) is 7.20. The van der Waals surface area contributed by atoms with Gasteiger partial charge in [0, 0.05) is 25.5 Å². The second kappa shape index (κ2) is 10.2. The molecule has 3 aromatic rings. The van der Waals surface area contributed by atoms with Gasteiger partial charge in [0.25, 0.3) is 5.91 Å². The molecule has 3 N–H and O–H groups in total. The Morgan fingerprint density at radius 2 is 1.73 bits per heavy atom. The number of carbonyl (C=O) groups is 1. The van der Waals surface area contributed by atoms with Crippen molar-refractivity contribution in [2.24, 2.45) is 0 Å². The Kier molecular flexibility index (Phi) is 7.41. The van der Waals surface area contributed by atoms with Gasteiger partial charge in [-0.2, -0.15) is 13.2 Å². The number of aromatic nitrogens is 4. The van der Waals surface area contributed by atoms with Crippen LogP contribution >= 0.6 is 0 Å². The van der Waals surface area contributed by atoms with Crippen LogP contribution in [0.4, 0.5) is 30.5 Å². The van der Waals surface area contributed by atoms with E-state index in [1.165, 1.54) is 18.5 Å². The van der Waals surface area contributed by atoms with Crippen molar-refractivity contribution in [3.63, 3.8) is 0 Å². The van der Waals surface area contributed by atoms with Gasteiger partial charge in [0.05, 0.1) is 17.4 Å². The number of rotatable bonds is 8. The van der Waals surface area contributed by atoms with Crippen molar-refractivity contribution in [2.75, 3.05) is 29.0 Å². The molecule has 0 bridgehead atoms. The number of carbonyl (C=O) groups excluding carboxylic acids is 1. The molecule has 0 saturated heterocycles. The average molecular weight is 459 g/mol. The number of nitrogen functional groups attached to an aromatic ring is 1. The van der Waals surface area contributed by atoms with E-state index in [9.17, 15) is 18.0 Å². The number of halogens is 3. The van der Waals surface area contributed by atoms with Crippen molar-refractivity contribution < 1.29 is 18.0 Å². The van der Waals surface area contributed by atoms with Crippen LogP contribution in [0.3, 0.4) is 0 Å². The van der Waals surface area contributed by atoms with Crippen molar-refractivity contribution in [3.8, 4) is 11.4 Å². The van der Waals surface area contributed by atoms with E-state index in [4.69, 9.17) is 5.73 Å². The number of alkyl halides is 3. The molecule has 3 aromatic heterocycles. The molecule has 174 valence electrons. The molecule has 3 rings (SSSR count). The lowest BCUT2D eigenvalue weighted by Crippen LogP contribution is -2.27. The molecule has 0 unspecified atom stereocenters. The normalized spacial score (nSPS) is 11.3. The number of amides is 1. The van der Waals surface area contributed by atoms with E-state index in [2.05, 4.69) is 30.2 Å². The van der Waals surface area contributed by atoms with E-state index in [1.807, 2.05) is 19.9 Å². The first-order valence-corrected chi connectivity index (χ1v) is 10.4. The summed E-state index contributed by atoms with van der Waals surface area (Å²) in [6, 6.07) is 5.66. The van der Waals surface area contributed by atoms with Gasteiger partial charge in [-0.3, -0.25) is 9.78 Å². The Balaban J connectivity index is 1.97. The first-order valence-electron chi connectivity index (χ1n) is 10.4. The van der Waals surface area contributed by atoms with Gasteiger partial charge in [-0.15, -0.1) is 0 Å². The van der Waals surface area contributed by atoms with Crippen LogP contribution in [-0.2, 0) is 6.18 Å². The van der Waals surface area contributed by atoms with E-state index >= 15 is 0 Å². The number of nitrogens with zero attached hydrogens (tertiary/aromatic N) is 5. The number of pyridine rings is 2. The molecule has 33 heavy (non-hydrogen) atoms. The zero-order chi connectivity index (χ0) is 24.0. The number of hydrogen-bond acceptors (Lipinski definition) is 7. The van der Waals surface area contributed by atoms with E-state index in [0.717, 1.165) is 43.9 Å². The molecule has 0 aromatic carbocycles. The van der Waals surface area contributed by atoms with E-state index in [1.54, 1.807) is 6.07 Å². The molecule has 8 nitrogen and oxygen atoms in total. The highest BCUT2D eigenvalue weighted by Gasteiger charge is 2.35. The van der Waals surface area contributed by atoms with Crippen LogP contribution in [-0.4, -0.2) is 38.9 Å². The maximum Gasteiger partial charge on any atom is 0.418 e. The summed E-state index contributed by atoms with van der Waals surface area (Å²) in [5.41, 5.74) is 4.58. The van der Waals surface area contributed by atoms with Crippen molar-refractivity contribution in [1.29, 1.82) is 0 Å². The minimum atomic E-state index is -4.65. The fourth-order valence-electron chi connectivity index (χ4n) is 3.33. The number of nitrogens with two attached hydrogens (primary N) is 1. The molecule has 0 aliphatic rings. The Hall–Kier alpha value is -3.76. The largest absolute Gasteiger partial charge is 0.418 e. The van der Waals surface area contributed by atoms with Gasteiger partial charge in [-0.1, -0.05) is 13.8 Å². The molecule has 0 aliphatic carbocycles. The quantitative estimate of drug-likeness (QED) is 0.513. The smallest absolute Gasteiger partial charge is 0.382 e. The first-order chi connectivity index (χ1) is 15.8. The summed E-state index contributed by atoms with van der Waals surface area (Å²) >= 11 is 0. The van der Waals surface area contributed by atoms with Gasteiger partial charge in [0.1, 0.15) is 11.4 Å². The molecule has 0 spiro atoms. The van der Waals surface area contributed by atoms with Gasteiger partial charge in [0.15, 0.2) is 17.3 Å². The van der Waals surface area contributed by atoms with Crippen molar-refractivity contribution >= 4 is 23.2 Å². The molecular formula is C22H24F3N7O. The lowest BCUT2D eigenvalue weighted by molar-refractivity contribution is -0.137. The predicted molar refractivity (Wildman–Crippen MR) is 120 cm³/mol. The Bertz CT molecular complexity index is 1120. The third kappa shape index (κ3) is 5.54. The summed E-state index contributed by atoms with van der Waals surface area (Å²) < 4.78 is 40.2. The van der Waals surface area contributed by atoms with Crippen LogP contribution in [0.25, 0.3) is 11.4 Å². The van der Waals surface area contributed by atoms with E-state index in [-0.39, 0.29) is 17.2 Å². The molecule has 0 aliphatic heterocycles. The van der Waals surface area contributed by atoms with Crippen LogP contribution in [0.5, 0.6) is 0 Å². The van der Waals surface area contributed by atoms with Gasteiger partial charge < -0.3 is 16.0 Å². The zero-order valence-corrected chi connectivity index (χ0v) is 18.2. The fourth-order valence-corrected chi connectivity index (χ4v) is 3.33. The van der Waals surface area contributed by atoms with Gasteiger partial charge in [-0.25, -0.2) is 15.0 Å². The minimum absolute atomic E-state index is 0.220. The minimum Gasteiger partial charge on any atom is -0.382 e. The van der Waals surface area contributed by atoms with E-state index < -0.39 is 23.3 Å². The highest BCUT2D eigenvalue weighted by Crippen LogP contribution is 2.35. The summed E-state index contributed by atoms with van der Waals surface area (Å²) in [5, 5.41) is 2.67. The van der Waals surface area contributed by atoms with E-state index in [0.29, 0.717) is 5.82 Å². The monoisotopic (exact) mass is 459 g/mol. The summed E-state index contributed by atoms with van der Waals surface area (Å²) in [4.78, 5) is 31.1. The van der Waals surface area contributed by atoms with Crippen LogP contribution in [0.2, 0.25) is 0 Å². The second-order valence-corrected chi connectivity index (χ2v) is 7.20. The summed E-state index contributed by atoms with van der Waals surface area (Å²) in [6.45, 7) is 5.62.